The van der Waals surface area contributed by atoms with Crippen LogP contribution in [0.1, 0.15) is 5.56 Å². The molecule has 2 aromatic carbocycles. The third-order valence-electron chi connectivity index (χ3n) is 4.94. The second-order valence-electron chi connectivity index (χ2n) is 6.98. The second kappa shape index (κ2) is 8.78. The number of hydrogen-bond acceptors (Lipinski definition) is 6. The molecular formula is C21H22N4O5S. The van der Waals surface area contributed by atoms with Gasteiger partial charge in [-0.1, -0.05) is 5.16 Å². The first-order valence-electron chi connectivity index (χ1n) is 9.69. The van der Waals surface area contributed by atoms with Gasteiger partial charge < -0.3 is 14.6 Å². The largest absolute Gasteiger partial charge is 0.383 e. The summed E-state index contributed by atoms with van der Waals surface area (Å²) in [5, 5.41) is 6.44. The van der Waals surface area contributed by atoms with Gasteiger partial charge in [0.1, 0.15) is 0 Å². The van der Waals surface area contributed by atoms with Crippen molar-refractivity contribution in [3.63, 3.8) is 0 Å². The molecule has 31 heavy (non-hydrogen) atoms. The van der Waals surface area contributed by atoms with Crippen LogP contribution in [-0.4, -0.2) is 46.4 Å². The van der Waals surface area contributed by atoms with Crippen molar-refractivity contribution in [1.82, 2.24) is 10.5 Å². The lowest BCUT2D eigenvalue weighted by molar-refractivity contribution is 0.197. The standard InChI is InChI=1S/C21H22N4O5S/c1-29-13-11-22-21(26)25-12-9-16-14-18(6-7-19(16)25)31(27,28)24-17-4-2-15(3-5-17)20-8-10-23-30-20/h2-8,10,14,24H,9,11-13H2,1H3,(H,22,26). The first-order valence-corrected chi connectivity index (χ1v) is 11.2. The third-order valence-corrected chi connectivity index (χ3v) is 6.32. The molecule has 0 atom stereocenters. The number of rotatable bonds is 7. The molecule has 9 nitrogen and oxygen atoms in total. The van der Waals surface area contributed by atoms with Gasteiger partial charge in [0.25, 0.3) is 10.0 Å². The van der Waals surface area contributed by atoms with Crippen LogP contribution >= 0.6 is 0 Å². The molecule has 2 amide bonds. The Morgan fingerprint density at radius 2 is 2.00 bits per heavy atom. The number of nitrogens with one attached hydrogen (secondary N) is 2. The van der Waals surface area contributed by atoms with Crippen LogP contribution in [0.2, 0.25) is 0 Å². The molecule has 0 saturated heterocycles. The second-order valence-corrected chi connectivity index (χ2v) is 8.66. The van der Waals surface area contributed by atoms with Crippen LogP contribution in [0.5, 0.6) is 0 Å². The summed E-state index contributed by atoms with van der Waals surface area (Å²) in [6.45, 7) is 1.33. The average molecular weight is 442 g/mol. The summed E-state index contributed by atoms with van der Waals surface area (Å²) >= 11 is 0. The van der Waals surface area contributed by atoms with Gasteiger partial charge in [-0.15, -0.1) is 0 Å². The van der Waals surface area contributed by atoms with Crippen LogP contribution in [0.25, 0.3) is 11.3 Å². The van der Waals surface area contributed by atoms with E-state index in [2.05, 4.69) is 15.2 Å². The SMILES string of the molecule is COCCNC(=O)N1CCc2cc(S(=O)(=O)Nc3ccc(-c4ccno4)cc3)ccc21. The summed E-state index contributed by atoms with van der Waals surface area (Å²) in [4.78, 5) is 14.1. The van der Waals surface area contributed by atoms with Crippen LogP contribution < -0.4 is 14.9 Å². The quantitative estimate of drug-likeness (QED) is 0.544. The topological polar surface area (TPSA) is 114 Å². The van der Waals surface area contributed by atoms with Crippen molar-refractivity contribution >= 4 is 27.4 Å². The summed E-state index contributed by atoms with van der Waals surface area (Å²) in [7, 11) is -2.21. The molecule has 4 rings (SSSR count). The van der Waals surface area contributed by atoms with Gasteiger partial charge >= 0.3 is 6.03 Å². The van der Waals surface area contributed by atoms with Gasteiger partial charge in [0.2, 0.25) is 0 Å². The zero-order valence-corrected chi connectivity index (χ0v) is 17.7. The van der Waals surface area contributed by atoms with Crippen LogP contribution in [0, 0.1) is 0 Å². The van der Waals surface area contributed by atoms with E-state index >= 15 is 0 Å². The molecule has 1 aliphatic rings. The zero-order valence-electron chi connectivity index (χ0n) is 16.9. The fourth-order valence-corrected chi connectivity index (χ4v) is 4.50. The highest BCUT2D eigenvalue weighted by Gasteiger charge is 2.26. The molecule has 0 aliphatic carbocycles. The van der Waals surface area contributed by atoms with E-state index in [1.165, 1.54) is 6.07 Å². The lowest BCUT2D eigenvalue weighted by Gasteiger charge is -2.18. The monoisotopic (exact) mass is 442 g/mol. The summed E-state index contributed by atoms with van der Waals surface area (Å²) < 4.78 is 38.3. The molecule has 2 heterocycles. The third kappa shape index (κ3) is 4.54. The Bertz CT molecular complexity index is 1160. The number of hydrogen-bond donors (Lipinski definition) is 2. The predicted octanol–water partition coefficient (Wildman–Crippen LogP) is 2.86. The number of carbonyl (C=O) groups is 1. The number of fused-ring (bicyclic) bond motifs is 1. The fraction of sp³-hybridized carbons (Fsp3) is 0.238. The molecule has 0 bridgehead atoms. The van der Waals surface area contributed by atoms with Gasteiger partial charge in [0.15, 0.2) is 5.76 Å². The van der Waals surface area contributed by atoms with E-state index in [0.717, 1.165) is 11.1 Å². The number of urea groups is 1. The maximum atomic E-state index is 12.9. The van der Waals surface area contributed by atoms with Crippen molar-refractivity contribution in [2.75, 3.05) is 36.4 Å². The Balaban J connectivity index is 1.47. The van der Waals surface area contributed by atoms with Crippen LogP contribution in [0.4, 0.5) is 16.2 Å². The number of aromatic nitrogens is 1. The number of methoxy groups -OCH3 is 1. The van der Waals surface area contributed by atoms with E-state index in [9.17, 15) is 13.2 Å². The van der Waals surface area contributed by atoms with E-state index in [0.29, 0.717) is 43.3 Å². The molecular weight excluding hydrogens is 420 g/mol. The van der Waals surface area contributed by atoms with Gasteiger partial charge in [-0.2, -0.15) is 0 Å². The lowest BCUT2D eigenvalue weighted by atomic mass is 10.1. The summed E-state index contributed by atoms with van der Waals surface area (Å²) in [5.74, 6) is 0.601. The minimum Gasteiger partial charge on any atom is -0.383 e. The number of anilines is 2. The normalized spacial score (nSPS) is 13.1. The molecule has 1 aliphatic heterocycles. The van der Waals surface area contributed by atoms with E-state index < -0.39 is 10.0 Å². The summed E-state index contributed by atoms with van der Waals surface area (Å²) in [5.41, 5.74) is 2.75. The molecule has 1 aromatic heterocycles. The average Bonchev–Trinajstić information content (AvgIpc) is 3.44. The number of sulfonamides is 1. The van der Waals surface area contributed by atoms with Gasteiger partial charge in [-0.3, -0.25) is 9.62 Å². The molecule has 0 unspecified atom stereocenters. The van der Waals surface area contributed by atoms with Gasteiger partial charge in [0.05, 0.1) is 17.7 Å². The van der Waals surface area contributed by atoms with Crippen molar-refractivity contribution in [2.24, 2.45) is 0 Å². The van der Waals surface area contributed by atoms with Crippen molar-refractivity contribution in [1.29, 1.82) is 0 Å². The summed E-state index contributed by atoms with van der Waals surface area (Å²) in [6, 6.07) is 13.1. The van der Waals surface area contributed by atoms with Gasteiger partial charge in [0, 0.05) is 43.2 Å². The van der Waals surface area contributed by atoms with Crippen molar-refractivity contribution in [2.45, 2.75) is 11.3 Å². The lowest BCUT2D eigenvalue weighted by Crippen LogP contribution is -2.40. The van der Waals surface area contributed by atoms with E-state index in [1.807, 2.05) is 0 Å². The maximum absolute atomic E-state index is 12.9. The van der Waals surface area contributed by atoms with Crippen molar-refractivity contribution in [3.05, 3.63) is 60.3 Å². The fourth-order valence-electron chi connectivity index (χ4n) is 3.39. The number of carbonyl (C=O) groups excluding carboxylic acids is 1. The zero-order chi connectivity index (χ0) is 21.8. The number of ether oxygens (including phenoxy) is 1. The maximum Gasteiger partial charge on any atom is 0.321 e. The van der Waals surface area contributed by atoms with Crippen LogP contribution in [0.15, 0.2) is 64.1 Å². The van der Waals surface area contributed by atoms with Crippen LogP contribution in [-0.2, 0) is 21.2 Å². The van der Waals surface area contributed by atoms with E-state index in [1.54, 1.807) is 60.7 Å². The first kappa shape index (κ1) is 20.9. The highest BCUT2D eigenvalue weighted by molar-refractivity contribution is 7.92. The number of amides is 2. The minimum absolute atomic E-state index is 0.146. The van der Waals surface area contributed by atoms with E-state index in [4.69, 9.17) is 9.26 Å². The Kier molecular flexibility index (Phi) is 5.92. The number of benzene rings is 2. The van der Waals surface area contributed by atoms with E-state index in [-0.39, 0.29) is 10.9 Å². The Morgan fingerprint density at radius 3 is 2.71 bits per heavy atom. The van der Waals surface area contributed by atoms with Crippen LogP contribution in [0.3, 0.4) is 0 Å². The highest BCUT2D eigenvalue weighted by Crippen LogP contribution is 2.31. The molecule has 0 saturated carbocycles. The summed E-state index contributed by atoms with van der Waals surface area (Å²) in [6.07, 6.45) is 2.13. The van der Waals surface area contributed by atoms with Crippen molar-refractivity contribution < 1.29 is 22.5 Å². The smallest absolute Gasteiger partial charge is 0.321 e. The number of nitrogens with zero attached hydrogens (tertiary/aromatic N) is 2. The first-order chi connectivity index (χ1) is 15.0. The Labute approximate surface area is 180 Å². The van der Waals surface area contributed by atoms with Gasteiger partial charge in [-0.25, -0.2) is 13.2 Å². The molecule has 3 aromatic rings. The molecule has 2 N–H and O–H groups in total. The molecule has 0 radical (unpaired) electrons. The molecule has 0 spiro atoms. The molecule has 0 fully saturated rings. The highest BCUT2D eigenvalue weighted by atomic mass is 32.2. The molecule has 10 heteroatoms. The minimum atomic E-state index is -3.78. The van der Waals surface area contributed by atoms with Crippen molar-refractivity contribution in [3.8, 4) is 11.3 Å². The predicted molar refractivity (Wildman–Crippen MR) is 116 cm³/mol. The Hall–Kier alpha value is -3.37. The molecule has 162 valence electrons. The van der Waals surface area contributed by atoms with Gasteiger partial charge in [-0.05, 0) is 54.4 Å². The Morgan fingerprint density at radius 1 is 1.19 bits per heavy atom.